The predicted molar refractivity (Wildman–Crippen MR) is 101 cm³/mol. The first-order chi connectivity index (χ1) is 11.7. The molecule has 5 heteroatoms. The summed E-state index contributed by atoms with van der Waals surface area (Å²) in [5.74, 6) is 0.457. The van der Waals surface area contributed by atoms with Gasteiger partial charge in [-0.05, 0) is 43.4 Å². The summed E-state index contributed by atoms with van der Waals surface area (Å²) in [5.41, 5.74) is 3.22. The molecule has 0 bridgehead atoms. The standard InChI is InChI=1S/C20H26ClN3O/c1-13-15(7-6-8-16(13)21)19(25)22-18-11-17(20(2,3)4)23(5)24(18)12-14-9-10-14/h6-8,11,14H,9-10,12H2,1-5H3. The van der Waals surface area contributed by atoms with E-state index in [1.165, 1.54) is 18.5 Å². The van der Waals surface area contributed by atoms with Crippen LogP contribution in [0.2, 0.25) is 5.02 Å². The molecular formula is C20H26ClN3O. The van der Waals surface area contributed by atoms with Gasteiger partial charge in [-0.25, -0.2) is 0 Å². The van der Waals surface area contributed by atoms with Crippen molar-refractivity contribution in [3.8, 4) is 0 Å². The lowest BCUT2D eigenvalue weighted by molar-refractivity contribution is 0.0996. The second-order valence-corrected chi connectivity index (χ2v) is 8.42. The van der Waals surface area contributed by atoms with E-state index >= 15 is 0 Å². The van der Waals surface area contributed by atoms with E-state index in [9.17, 15) is 4.79 Å². The Morgan fingerprint density at radius 2 is 2.00 bits per heavy atom. The SMILES string of the molecule is Cc1c(Cl)cccc1C(=O)N=c1cc(C(C)(C)C)n(C)n1CC1CC1. The molecule has 1 aromatic carbocycles. The third kappa shape index (κ3) is 3.74. The highest BCUT2D eigenvalue weighted by Crippen LogP contribution is 2.30. The van der Waals surface area contributed by atoms with Crippen molar-refractivity contribution in [3.63, 3.8) is 0 Å². The Morgan fingerprint density at radius 1 is 1.32 bits per heavy atom. The molecule has 0 N–H and O–H groups in total. The fourth-order valence-electron chi connectivity index (χ4n) is 3.13. The van der Waals surface area contributed by atoms with Gasteiger partial charge in [0.05, 0.1) is 0 Å². The smallest absolute Gasteiger partial charge is 0.279 e. The van der Waals surface area contributed by atoms with Crippen molar-refractivity contribution in [2.45, 2.75) is 52.5 Å². The summed E-state index contributed by atoms with van der Waals surface area (Å²) in [6, 6.07) is 7.41. The molecule has 1 amide bonds. The lowest BCUT2D eigenvalue weighted by Gasteiger charge is -2.20. The molecule has 1 aliphatic carbocycles. The second kappa shape index (κ2) is 6.49. The fraction of sp³-hybridized carbons (Fsp3) is 0.500. The van der Waals surface area contributed by atoms with Crippen LogP contribution in [0.25, 0.3) is 0 Å². The normalized spacial score (nSPS) is 15.7. The Kier molecular flexibility index (Phi) is 4.67. The molecule has 1 fully saturated rings. The van der Waals surface area contributed by atoms with Crippen molar-refractivity contribution in [1.29, 1.82) is 0 Å². The van der Waals surface area contributed by atoms with Crippen LogP contribution in [0, 0.1) is 12.8 Å². The zero-order chi connectivity index (χ0) is 18.4. The van der Waals surface area contributed by atoms with Gasteiger partial charge in [-0.3, -0.25) is 14.2 Å². The summed E-state index contributed by atoms with van der Waals surface area (Å²) in [6.45, 7) is 9.30. The molecule has 0 spiro atoms. The minimum atomic E-state index is -0.240. The second-order valence-electron chi connectivity index (χ2n) is 8.02. The molecule has 3 rings (SSSR count). The monoisotopic (exact) mass is 359 g/mol. The van der Waals surface area contributed by atoms with Gasteiger partial charge in [0.2, 0.25) is 0 Å². The minimum absolute atomic E-state index is 0.0111. The van der Waals surface area contributed by atoms with E-state index in [4.69, 9.17) is 11.6 Å². The van der Waals surface area contributed by atoms with Gasteiger partial charge in [0.25, 0.3) is 5.91 Å². The summed E-state index contributed by atoms with van der Waals surface area (Å²) in [7, 11) is 2.05. The highest BCUT2D eigenvalue weighted by atomic mass is 35.5. The van der Waals surface area contributed by atoms with Gasteiger partial charge in [-0.1, -0.05) is 38.4 Å². The molecule has 1 saturated carbocycles. The molecule has 0 radical (unpaired) electrons. The highest BCUT2D eigenvalue weighted by molar-refractivity contribution is 6.31. The molecule has 1 aliphatic rings. The number of halogens is 1. The number of nitrogens with zero attached hydrogens (tertiary/aromatic N) is 3. The van der Waals surface area contributed by atoms with Crippen molar-refractivity contribution in [3.05, 3.63) is 51.6 Å². The third-order valence-electron chi connectivity index (χ3n) is 4.85. The summed E-state index contributed by atoms with van der Waals surface area (Å²) < 4.78 is 4.28. The first-order valence-corrected chi connectivity index (χ1v) is 9.18. The number of benzene rings is 1. The van der Waals surface area contributed by atoms with Crippen LogP contribution in [0.5, 0.6) is 0 Å². The number of hydrogen-bond acceptors (Lipinski definition) is 1. The average Bonchev–Trinajstić information content (AvgIpc) is 3.28. The predicted octanol–water partition coefficient (Wildman–Crippen LogP) is 4.24. The van der Waals surface area contributed by atoms with Crippen molar-refractivity contribution in [1.82, 2.24) is 9.36 Å². The van der Waals surface area contributed by atoms with Gasteiger partial charge in [0.15, 0.2) is 5.49 Å². The molecular weight excluding hydrogens is 334 g/mol. The van der Waals surface area contributed by atoms with Crippen LogP contribution in [-0.2, 0) is 19.0 Å². The third-order valence-corrected chi connectivity index (χ3v) is 5.26. The van der Waals surface area contributed by atoms with Gasteiger partial charge in [-0.2, -0.15) is 4.99 Å². The number of carbonyl (C=O) groups excluding carboxylic acids is 1. The molecule has 0 atom stereocenters. The topological polar surface area (TPSA) is 39.3 Å². The van der Waals surface area contributed by atoms with Crippen LogP contribution >= 0.6 is 11.6 Å². The molecule has 0 aliphatic heterocycles. The fourth-order valence-corrected chi connectivity index (χ4v) is 3.30. The molecule has 134 valence electrons. The Labute approximate surface area is 154 Å². The van der Waals surface area contributed by atoms with E-state index in [0.29, 0.717) is 16.5 Å². The van der Waals surface area contributed by atoms with Gasteiger partial charge in [0, 0.05) is 41.4 Å². The molecule has 1 heterocycles. The maximum Gasteiger partial charge on any atom is 0.279 e. The lowest BCUT2D eigenvalue weighted by Crippen LogP contribution is -2.26. The number of aromatic nitrogens is 2. The quantitative estimate of drug-likeness (QED) is 0.808. The molecule has 0 saturated heterocycles. The van der Waals surface area contributed by atoms with E-state index in [1.807, 2.05) is 13.0 Å². The maximum atomic E-state index is 12.8. The molecule has 4 nitrogen and oxygen atoms in total. The summed E-state index contributed by atoms with van der Waals surface area (Å²) >= 11 is 6.16. The molecule has 2 aromatic rings. The maximum absolute atomic E-state index is 12.8. The molecule has 0 unspecified atom stereocenters. The molecule has 25 heavy (non-hydrogen) atoms. The van der Waals surface area contributed by atoms with E-state index in [1.54, 1.807) is 18.2 Å². The zero-order valence-corrected chi connectivity index (χ0v) is 16.4. The first kappa shape index (κ1) is 18.0. The Balaban J connectivity index is 2.09. The number of amides is 1. The lowest BCUT2D eigenvalue weighted by atomic mass is 9.92. The number of hydrogen-bond donors (Lipinski definition) is 0. The van der Waals surface area contributed by atoms with Gasteiger partial charge in [0.1, 0.15) is 0 Å². The van der Waals surface area contributed by atoms with Gasteiger partial charge in [-0.15, -0.1) is 0 Å². The van der Waals surface area contributed by atoms with E-state index < -0.39 is 0 Å². The van der Waals surface area contributed by atoms with Crippen molar-refractivity contribution in [2.75, 3.05) is 0 Å². The summed E-state index contributed by atoms with van der Waals surface area (Å²) in [4.78, 5) is 17.2. The highest BCUT2D eigenvalue weighted by Gasteiger charge is 2.26. The van der Waals surface area contributed by atoms with Crippen LogP contribution < -0.4 is 5.49 Å². The van der Waals surface area contributed by atoms with E-state index in [0.717, 1.165) is 17.6 Å². The number of rotatable bonds is 3. The molecule has 1 aromatic heterocycles. The Morgan fingerprint density at radius 3 is 2.60 bits per heavy atom. The summed E-state index contributed by atoms with van der Waals surface area (Å²) in [5, 5.41) is 0.593. The Hall–Kier alpha value is -1.81. The van der Waals surface area contributed by atoms with Crippen LogP contribution in [0.4, 0.5) is 0 Å². The zero-order valence-electron chi connectivity index (χ0n) is 15.6. The van der Waals surface area contributed by atoms with Gasteiger partial charge < -0.3 is 0 Å². The van der Waals surface area contributed by atoms with Crippen LogP contribution in [0.1, 0.15) is 55.2 Å². The largest absolute Gasteiger partial charge is 0.291 e. The average molecular weight is 360 g/mol. The Bertz CT molecular complexity index is 879. The van der Waals surface area contributed by atoms with Crippen molar-refractivity contribution in [2.24, 2.45) is 18.0 Å². The summed E-state index contributed by atoms with van der Waals surface area (Å²) in [6.07, 6.45) is 2.51. The van der Waals surface area contributed by atoms with Crippen LogP contribution in [-0.4, -0.2) is 15.3 Å². The van der Waals surface area contributed by atoms with Crippen LogP contribution in [0.15, 0.2) is 29.3 Å². The minimum Gasteiger partial charge on any atom is -0.291 e. The number of carbonyl (C=O) groups is 1. The van der Waals surface area contributed by atoms with Crippen molar-refractivity contribution >= 4 is 17.5 Å². The van der Waals surface area contributed by atoms with Gasteiger partial charge >= 0.3 is 0 Å². The van der Waals surface area contributed by atoms with Crippen molar-refractivity contribution < 1.29 is 4.79 Å². The van der Waals surface area contributed by atoms with Crippen LogP contribution in [0.3, 0.4) is 0 Å². The van der Waals surface area contributed by atoms with E-state index in [-0.39, 0.29) is 11.3 Å². The van der Waals surface area contributed by atoms with E-state index in [2.05, 4.69) is 42.2 Å². The first-order valence-electron chi connectivity index (χ1n) is 8.80.